The lowest BCUT2D eigenvalue weighted by molar-refractivity contribution is -0.154. The fourth-order valence-electron chi connectivity index (χ4n) is 2.02. The number of amides is 2. The van der Waals surface area contributed by atoms with Crippen LogP contribution in [0.4, 0.5) is 0 Å². The number of nitrogens with one attached hydrogen (secondary N) is 2. The first-order chi connectivity index (χ1) is 12.4. The van der Waals surface area contributed by atoms with E-state index in [2.05, 4.69) is 10.9 Å². The molecule has 1 atom stereocenters. The van der Waals surface area contributed by atoms with Gasteiger partial charge in [-0.3, -0.25) is 25.2 Å². The Balaban J connectivity index is 1.84. The first kappa shape index (κ1) is 19.8. The number of carbonyl (C=O) groups is 3. The number of carbonyl (C=O) groups excluding carboxylic acids is 3. The second-order valence-corrected chi connectivity index (χ2v) is 6.13. The maximum atomic E-state index is 12.0. The van der Waals surface area contributed by atoms with E-state index in [1.807, 2.05) is 0 Å². The molecule has 2 amide bonds. The average molecular weight is 395 g/mol. The van der Waals surface area contributed by atoms with Crippen LogP contribution in [0.3, 0.4) is 0 Å². The first-order valence-corrected chi connectivity index (χ1v) is 8.41. The Labute approximate surface area is 160 Å². The number of halogens is 2. The summed E-state index contributed by atoms with van der Waals surface area (Å²) < 4.78 is 5.04. The van der Waals surface area contributed by atoms with Gasteiger partial charge in [0, 0.05) is 21.2 Å². The number of hydrogen-bond donors (Lipinski definition) is 2. The van der Waals surface area contributed by atoms with Crippen LogP contribution in [0, 0.1) is 0 Å². The molecule has 6 nitrogen and oxygen atoms in total. The molecule has 0 saturated carbocycles. The number of hydrazine groups is 1. The van der Waals surface area contributed by atoms with Gasteiger partial charge in [-0.05, 0) is 31.2 Å². The minimum atomic E-state index is -1.11. The summed E-state index contributed by atoms with van der Waals surface area (Å²) in [6.07, 6.45) is -1.29. The van der Waals surface area contributed by atoms with Gasteiger partial charge in [-0.15, -0.1) is 0 Å². The molecule has 2 rings (SSSR count). The third-order valence-corrected chi connectivity index (χ3v) is 4.10. The second kappa shape index (κ2) is 9.22. The molecule has 0 aliphatic heterocycles. The lowest BCUT2D eigenvalue weighted by Crippen LogP contribution is -2.46. The van der Waals surface area contributed by atoms with Gasteiger partial charge in [0.05, 0.1) is 6.42 Å². The highest BCUT2D eigenvalue weighted by molar-refractivity contribution is 6.36. The number of hydrogen-bond acceptors (Lipinski definition) is 4. The van der Waals surface area contributed by atoms with Crippen LogP contribution in [0.15, 0.2) is 48.5 Å². The van der Waals surface area contributed by atoms with Crippen LogP contribution < -0.4 is 10.9 Å². The van der Waals surface area contributed by atoms with Gasteiger partial charge >= 0.3 is 5.97 Å². The van der Waals surface area contributed by atoms with Crippen molar-refractivity contribution in [2.45, 2.75) is 19.4 Å². The Bertz CT molecular complexity index is 792. The van der Waals surface area contributed by atoms with E-state index >= 15 is 0 Å². The van der Waals surface area contributed by atoms with Gasteiger partial charge in [-0.2, -0.15) is 0 Å². The summed E-state index contributed by atoms with van der Waals surface area (Å²) in [5, 5.41) is 0.670. The summed E-state index contributed by atoms with van der Waals surface area (Å²) in [7, 11) is 0. The maximum absolute atomic E-state index is 12.0. The molecule has 0 fully saturated rings. The average Bonchev–Trinajstić information content (AvgIpc) is 2.63. The summed E-state index contributed by atoms with van der Waals surface area (Å²) in [6, 6.07) is 13.2. The van der Waals surface area contributed by atoms with Crippen molar-refractivity contribution >= 4 is 41.0 Å². The zero-order valence-corrected chi connectivity index (χ0v) is 15.3. The fourth-order valence-corrected chi connectivity index (χ4v) is 2.55. The standard InChI is InChI=1S/C18H16Cl2N2O4/c1-11(17(24)21-22-18(25)12-6-3-2-4-7-12)26-16(23)10-13-14(19)8-5-9-15(13)20/h2-9,11H,10H2,1H3,(H,21,24)(H,22,25)/t11-/m0/s1. The van der Waals surface area contributed by atoms with Crippen LogP contribution >= 0.6 is 23.2 Å². The van der Waals surface area contributed by atoms with Gasteiger partial charge in [0.15, 0.2) is 6.10 Å². The van der Waals surface area contributed by atoms with Gasteiger partial charge in [0.2, 0.25) is 0 Å². The van der Waals surface area contributed by atoms with Gasteiger partial charge in [-0.1, -0.05) is 47.5 Å². The first-order valence-electron chi connectivity index (χ1n) is 7.66. The van der Waals surface area contributed by atoms with Gasteiger partial charge in [0.1, 0.15) is 0 Å². The molecular formula is C18H16Cl2N2O4. The van der Waals surface area contributed by atoms with E-state index < -0.39 is 23.9 Å². The van der Waals surface area contributed by atoms with E-state index in [-0.39, 0.29) is 6.42 Å². The summed E-state index contributed by atoms with van der Waals surface area (Å²) in [5.74, 6) is -1.83. The minimum absolute atomic E-state index is 0.174. The molecule has 0 aromatic heterocycles. The zero-order valence-electron chi connectivity index (χ0n) is 13.8. The predicted octanol–water partition coefficient (Wildman–Crippen LogP) is 2.93. The molecule has 0 aliphatic carbocycles. The van der Waals surface area contributed by atoms with Crippen LogP contribution in [-0.2, 0) is 20.7 Å². The van der Waals surface area contributed by atoms with E-state index in [0.29, 0.717) is 21.2 Å². The van der Waals surface area contributed by atoms with E-state index in [0.717, 1.165) is 0 Å². The summed E-state index contributed by atoms with van der Waals surface area (Å²) in [5.41, 5.74) is 5.26. The van der Waals surface area contributed by atoms with Crippen molar-refractivity contribution in [1.29, 1.82) is 0 Å². The van der Waals surface area contributed by atoms with E-state index in [1.54, 1.807) is 48.5 Å². The molecule has 8 heteroatoms. The van der Waals surface area contributed by atoms with Crippen molar-refractivity contribution in [2.75, 3.05) is 0 Å². The monoisotopic (exact) mass is 394 g/mol. The Hall–Kier alpha value is -2.57. The number of esters is 1. The van der Waals surface area contributed by atoms with Crippen LogP contribution in [0.25, 0.3) is 0 Å². The van der Waals surface area contributed by atoms with Crippen molar-refractivity contribution in [3.8, 4) is 0 Å². The van der Waals surface area contributed by atoms with Gasteiger partial charge in [-0.25, -0.2) is 0 Å². The molecule has 0 radical (unpaired) electrons. The van der Waals surface area contributed by atoms with E-state index in [1.165, 1.54) is 6.92 Å². The van der Waals surface area contributed by atoms with Crippen molar-refractivity contribution in [3.63, 3.8) is 0 Å². The highest BCUT2D eigenvalue weighted by atomic mass is 35.5. The smallest absolute Gasteiger partial charge is 0.311 e. The summed E-state index contributed by atoms with van der Waals surface area (Å²) in [6.45, 7) is 1.39. The summed E-state index contributed by atoms with van der Waals surface area (Å²) >= 11 is 12.0. The topological polar surface area (TPSA) is 84.5 Å². The van der Waals surface area contributed by atoms with E-state index in [9.17, 15) is 14.4 Å². The third kappa shape index (κ3) is 5.47. The Morgan fingerprint density at radius 2 is 1.58 bits per heavy atom. The second-order valence-electron chi connectivity index (χ2n) is 5.32. The van der Waals surface area contributed by atoms with Crippen molar-refractivity contribution in [2.24, 2.45) is 0 Å². The lowest BCUT2D eigenvalue weighted by Gasteiger charge is -2.14. The zero-order chi connectivity index (χ0) is 19.1. The van der Waals surface area contributed by atoms with Crippen LogP contribution in [-0.4, -0.2) is 23.9 Å². The maximum Gasteiger partial charge on any atom is 0.311 e. The molecular weight excluding hydrogens is 379 g/mol. The molecule has 2 aromatic carbocycles. The van der Waals surface area contributed by atoms with Crippen LogP contribution in [0.5, 0.6) is 0 Å². The fraction of sp³-hybridized carbons (Fsp3) is 0.167. The highest BCUT2D eigenvalue weighted by Crippen LogP contribution is 2.25. The largest absolute Gasteiger partial charge is 0.452 e. The van der Waals surface area contributed by atoms with Gasteiger partial charge < -0.3 is 4.74 Å². The quantitative estimate of drug-likeness (QED) is 0.602. The van der Waals surface area contributed by atoms with Crippen molar-refractivity contribution < 1.29 is 19.1 Å². The Morgan fingerprint density at radius 1 is 0.962 bits per heavy atom. The molecule has 2 aromatic rings. The highest BCUT2D eigenvalue weighted by Gasteiger charge is 2.20. The number of benzene rings is 2. The third-order valence-electron chi connectivity index (χ3n) is 3.40. The molecule has 26 heavy (non-hydrogen) atoms. The predicted molar refractivity (Wildman–Crippen MR) is 97.8 cm³/mol. The molecule has 136 valence electrons. The molecule has 0 unspecified atom stereocenters. The molecule has 0 bridgehead atoms. The molecule has 0 saturated heterocycles. The van der Waals surface area contributed by atoms with Crippen LogP contribution in [0.1, 0.15) is 22.8 Å². The normalized spacial score (nSPS) is 11.3. The Kier molecular flexibility index (Phi) is 7.00. The molecule has 0 heterocycles. The molecule has 2 N–H and O–H groups in total. The van der Waals surface area contributed by atoms with Crippen molar-refractivity contribution in [3.05, 3.63) is 69.7 Å². The van der Waals surface area contributed by atoms with Gasteiger partial charge in [0.25, 0.3) is 11.8 Å². The molecule has 0 aliphatic rings. The SMILES string of the molecule is C[C@H](OC(=O)Cc1c(Cl)cccc1Cl)C(=O)NNC(=O)c1ccccc1. The number of ether oxygens (including phenoxy) is 1. The number of rotatable bonds is 5. The summed E-state index contributed by atoms with van der Waals surface area (Å²) in [4.78, 5) is 35.8. The van der Waals surface area contributed by atoms with Crippen molar-refractivity contribution in [1.82, 2.24) is 10.9 Å². The van der Waals surface area contributed by atoms with Crippen LogP contribution in [0.2, 0.25) is 10.0 Å². The minimum Gasteiger partial charge on any atom is -0.452 e. The lowest BCUT2D eigenvalue weighted by atomic mass is 10.1. The molecule has 0 spiro atoms. The van der Waals surface area contributed by atoms with E-state index in [4.69, 9.17) is 27.9 Å². The Morgan fingerprint density at radius 3 is 2.19 bits per heavy atom.